The molecule has 1 atom stereocenters. The average Bonchev–Trinajstić information content (AvgIpc) is 3.55. The van der Waals surface area contributed by atoms with Gasteiger partial charge in [0.25, 0.3) is 0 Å². The summed E-state index contributed by atoms with van der Waals surface area (Å²) in [5.74, 6) is 0.989. The highest BCUT2D eigenvalue weighted by molar-refractivity contribution is 7.17. The summed E-state index contributed by atoms with van der Waals surface area (Å²) < 4.78 is 12.0. The van der Waals surface area contributed by atoms with Crippen molar-refractivity contribution in [1.82, 2.24) is 24.4 Å². The topological polar surface area (TPSA) is 96.3 Å². The Kier molecular flexibility index (Phi) is 5.96. The standard InChI is InChI=1S/C22H22ClN5O4S/c1-2-31-22(30)27-11-9-26(10-12-27)17(14-5-7-15(23)8-6-14)18-20(29)28-21(33-18)24-19(25-28)16-4-3-13-32-16/h3-8,13,17,29H,2,9-12H2,1H3/t17-/m1/s1. The van der Waals surface area contributed by atoms with Crippen molar-refractivity contribution in [1.29, 1.82) is 0 Å². The predicted molar refractivity (Wildman–Crippen MR) is 124 cm³/mol. The lowest BCUT2D eigenvalue weighted by molar-refractivity contribution is 0.0715. The van der Waals surface area contributed by atoms with Crippen LogP contribution in [0.5, 0.6) is 5.88 Å². The van der Waals surface area contributed by atoms with Crippen LogP contribution in [0.1, 0.15) is 23.4 Å². The van der Waals surface area contributed by atoms with Crippen molar-refractivity contribution >= 4 is 34.0 Å². The van der Waals surface area contributed by atoms with Crippen LogP contribution in [0.2, 0.25) is 5.02 Å². The number of ether oxygens (including phenoxy) is 1. The lowest BCUT2D eigenvalue weighted by Gasteiger charge is -2.38. The molecule has 11 heteroatoms. The molecule has 172 valence electrons. The predicted octanol–water partition coefficient (Wildman–Crippen LogP) is 4.27. The molecule has 1 fully saturated rings. The molecule has 0 saturated carbocycles. The fraction of sp³-hybridized carbons (Fsp3) is 0.318. The molecule has 4 aromatic rings. The number of furan rings is 1. The van der Waals surface area contributed by atoms with Gasteiger partial charge in [-0.1, -0.05) is 35.1 Å². The van der Waals surface area contributed by atoms with Gasteiger partial charge in [-0.25, -0.2) is 4.79 Å². The van der Waals surface area contributed by atoms with Gasteiger partial charge in [0.2, 0.25) is 16.7 Å². The lowest BCUT2D eigenvalue weighted by Crippen LogP contribution is -2.49. The Hall–Kier alpha value is -3.08. The van der Waals surface area contributed by atoms with Gasteiger partial charge in [-0.05, 0) is 36.8 Å². The number of carbonyl (C=O) groups excluding carboxylic acids is 1. The van der Waals surface area contributed by atoms with Gasteiger partial charge in [0.05, 0.1) is 23.8 Å². The molecule has 0 aliphatic carbocycles. The Morgan fingerprint density at radius 2 is 2.00 bits per heavy atom. The summed E-state index contributed by atoms with van der Waals surface area (Å²) >= 11 is 7.50. The molecule has 1 aliphatic rings. The Morgan fingerprint density at radius 1 is 1.24 bits per heavy atom. The number of benzene rings is 1. The summed E-state index contributed by atoms with van der Waals surface area (Å²) in [5.41, 5.74) is 0.982. The van der Waals surface area contributed by atoms with Crippen LogP contribution < -0.4 is 0 Å². The number of rotatable bonds is 5. The lowest BCUT2D eigenvalue weighted by atomic mass is 10.0. The summed E-state index contributed by atoms with van der Waals surface area (Å²) in [6, 6.07) is 10.9. The number of nitrogens with zero attached hydrogens (tertiary/aromatic N) is 5. The molecular formula is C22H22ClN5O4S. The Bertz CT molecular complexity index is 1250. The highest BCUT2D eigenvalue weighted by Crippen LogP contribution is 2.41. The second kappa shape index (κ2) is 9.05. The van der Waals surface area contributed by atoms with E-state index in [1.807, 2.05) is 24.3 Å². The largest absolute Gasteiger partial charge is 0.492 e. The van der Waals surface area contributed by atoms with E-state index >= 15 is 0 Å². The number of hydrogen-bond donors (Lipinski definition) is 1. The second-order valence-corrected chi connectivity index (χ2v) is 9.02. The van der Waals surface area contributed by atoms with E-state index in [0.717, 1.165) is 10.4 Å². The highest BCUT2D eigenvalue weighted by atomic mass is 35.5. The molecule has 0 unspecified atom stereocenters. The minimum Gasteiger partial charge on any atom is -0.492 e. The van der Waals surface area contributed by atoms with Gasteiger partial charge in [-0.3, -0.25) is 4.90 Å². The fourth-order valence-corrected chi connectivity index (χ4v) is 5.23. The number of fused-ring (bicyclic) bond motifs is 1. The van der Waals surface area contributed by atoms with E-state index in [0.29, 0.717) is 54.4 Å². The number of aromatic nitrogens is 3. The molecule has 33 heavy (non-hydrogen) atoms. The molecule has 9 nitrogen and oxygen atoms in total. The maximum Gasteiger partial charge on any atom is 0.409 e. The van der Waals surface area contributed by atoms with Crippen molar-refractivity contribution < 1.29 is 19.1 Å². The number of hydrogen-bond acceptors (Lipinski definition) is 8. The average molecular weight is 488 g/mol. The third-order valence-electron chi connectivity index (χ3n) is 5.58. The summed E-state index contributed by atoms with van der Waals surface area (Å²) in [5, 5.41) is 16.2. The van der Waals surface area contributed by atoms with Crippen molar-refractivity contribution in [3.8, 4) is 17.5 Å². The van der Waals surface area contributed by atoms with E-state index in [2.05, 4.69) is 15.0 Å². The van der Waals surface area contributed by atoms with Crippen LogP contribution in [-0.4, -0.2) is 68.4 Å². The summed E-state index contributed by atoms with van der Waals surface area (Å²) in [7, 11) is 0. The Balaban J connectivity index is 1.48. The molecule has 1 saturated heterocycles. The van der Waals surface area contributed by atoms with Crippen LogP contribution in [0.4, 0.5) is 4.79 Å². The molecule has 1 amide bonds. The number of piperazine rings is 1. The monoisotopic (exact) mass is 487 g/mol. The number of aromatic hydroxyl groups is 1. The van der Waals surface area contributed by atoms with E-state index < -0.39 is 0 Å². The third kappa shape index (κ3) is 4.17. The van der Waals surface area contributed by atoms with Crippen LogP contribution in [0.15, 0.2) is 47.1 Å². The summed E-state index contributed by atoms with van der Waals surface area (Å²) in [4.78, 5) is 21.9. The first-order valence-corrected chi connectivity index (χ1v) is 11.8. The molecule has 5 rings (SSSR count). The zero-order chi connectivity index (χ0) is 22.9. The van der Waals surface area contributed by atoms with Gasteiger partial charge in [0, 0.05) is 31.2 Å². The smallest absolute Gasteiger partial charge is 0.409 e. The minimum atomic E-state index is -0.299. The number of amides is 1. The molecule has 1 N–H and O–H groups in total. The van der Waals surface area contributed by atoms with E-state index in [1.165, 1.54) is 15.9 Å². The third-order valence-corrected chi connectivity index (χ3v) is 6.91. The van der Waals surface area contributed by atoms with Gasteiger partial charge in [0.1, 0.15) is 0 Å². The molecule has 4 heterocycles. The van der Waals surface area contributed by atoms with E-state index in [-0.39, 0.29) is 18.0 Å². The Morgan fingerprint density at radius 3 is 2.64 bits per heavy atom. The minimum absolute atomic E-state index is 0.0353. The number of carbonyl (C=O) groups is 1. The van der Waals surface area contributed by atoms with Crippen LogP contribution >= 0.6 is 22.9 Å². The maximum atomic E-state index is 12.1. The molecular weight excluding hydrogens is 466 g/mol. The Labute approximate surface area is 198 Å². The number of halogens is 1. The normalized spacial score (nSPS) is 15.8. The summed E-state index contributed by atoms with van der Waals surface area (Å²) in [6.07, 6.45) is 1.26. The first-order chi connectivity index (χ1) is 16.0. The fourth-order valence-electron chi connectivity index (χ4n) is 3.99. The van der Waals surface area contributed by atoms with Gasteiger partial charge in [-0.2, -0.15) is 9.50 Å². The van der Waals surface area contributed by atoms with Crippen LogP contribution in [0.3, 0.4) is 0 Å². The van der Waals surface area contributed by atoms with Crippen molar-refractivity contribution in [2.24, 2.45) is 0 Å². The van der Waals surface area contributed by atoms with Gasteiger partial charge >= 0.3 is 6.09 Å². The first kappa shape index (κ1) is 21.7. The molecule has 0 spiro atoms. The molecule has 0 radical (unpaired) electrons. The van der Waals surface area contributed by atoms with Gasteiger partial charge < -0.3 is 19.2 Å². The maximum absolute atomic E-state index is 12.1. The van der Waals surface area contributed by atoms with E-state index in [9.17, 15) is 9.90 Å². The highest BCUT2D eigenvalue weighted by Gasteiger charge is 2.33. The zero-order valence-electron chi connectivity index (χ0n) is 17.8. The molecule has 0 bridgehead atoms. The molecule has 1 aromatic carbocycles. The van der Waals surface area contributed by atoms with Crippen molar-refractivity contribution in [2.75, 3.05) is 32.8 Å². The van der Waals surface area contributed by atoms with Gasteiger partial charge in [0.15, 0.2) is 5.76 Å². The molecule has 1 aliphatic heterocycles. The number of thiazole rings is 1. The quantitative estimate of drug-likeness (QED) is 0.449. The first-order valence-electron chi connectivity index (χ1n) is 10.6. The second-order valence-electron chi connectivity index (χ2n) is 7.57. The van der Waals surface area contributed by atoms with Crippen LogP contribution in [0, 0.1) is 0 Å². The van der Waals surface area contributed by atoms with Crippen molar-refractivity contribution in [3.05, 3.63) is 58.1 Å². The van der Waals surface area contributed by atoms with Crippen molar-refractivity contribution in [3.63, 3.8) is 0 Å². The van der Waals surface area contributed by atoms with Gasteiger partial charge in [-0.15, -0.1) is 5.10 Å². The summed E-state index contributed by atoms with van der Waals surface area (Å²) in [6.45, 7) is 4.46. The van der Waals surface area contributed by atoms with E-state index in [4.69, 9.17) is 20.8 Å². The van der Waals surface area contributed by atoms with E-state index in [1.54, 1.807) is 30.2 Å². The molecule has 3 aromatic heterocycles. The van der Waals surface area contributed by atoms with Crippen LogP contribution in [0.25, 0.3) is 16.5 Å². The van der Waals surface area contributed by atoms with Crippen LogP contribution in [-0.2, 0) is 4.74 Å². The SMILES string of the molecule is CCOC(=O)N1CCN([C@H](c2ccc(Cl)cc2)c2sc3nc(-c4ccco4)nn3c2O)CC1. The zero-order valence-corrected chi connectivity index (χ0v) is 19.4. The van der Waals surface area contributed by atoms with Crippen molar-refractivity contribution in [2.45, 2.75) is 13.0 Å².